The molecule has 4 aromatic rings. The number of benzene rings is 2. The predicted molar refractivity (Wildman–Crippen MR) is 128 cm³/mol. The number of fused-ring (bicyclic) bond motifs is 1. The number of aromatic nitrogens is 3. The van der Waals surface area contributed by atoms with Crippen LogP contribution in [0.15, 0.2) is 36.5 Å². The topological polar surface area (TPSA) is 86.0 Å². The van der Waals surface area contributed by atoms with Gasteiger partial charge in [0.25, 0.3) is 0 Å². The van der Waals surface area contributed by atoms with Crippen molar-refractivity contribution < 1.29 is 13.2 Å². The Kier molecular flexibility index (Phi) is 5.44. The Labute approximate surface area is 195 Å². The second-order valence-corrected chi connectivity index (χ2v) is 8.87. The number of rotatable bonds is 3. The Morgan fingerprint density at radius 3 is 2.41 bits per heavy atom. The van der Waals surface area contributed by atoms with E-state index in [2.05, 4.69) is 14.9 Å². The second kappa shape index (κ2) is 8.32. The van der Waals surface area contributed by atoms with Gasteiger partial charge < -0.3 is 20.9 Å². The molecule has 6 nitrogen and oxygen atoms in total. The number of hydrogen-bond donors (Lipinski definition) is 2. The van der Waals surface area contributed by atoms with Crippen molar-refractivity contribution in [2.45, 2.75) is 25.8 Å². The van der Waals surface area contributed by atoms with Gasteiger partial charge in [-0.15, -0.1) is 0 Å². The molecule has 0 amide bonds. The van der Waals surface area contributed by atoms with Crippen molar-refractivity contribution in [3.63, 3.8) is 0 Å². The van der Waals surface area contributed by atoms with Crippen LogP contribution in [0.3, 0.4) is 0 Å². The van der Waals surface area contributed by atoms with Gasteiger partial charge >= 0.3 is 0 Å². The summed E-state index contributed by atoms with van der Waals surface area (Å²) < 4.78 is 43.9. The lowest BCUT2D eigenvalue weighted by atomic mass is 9.97. The first-order chi connectivity index (χ1) is 16.2. The fourth-order valence-corrected chi connectivity index (χ4v) is 4.70. The molecular formula is C25H25F3N6. The number of aryl methyl sites for hydroxylation is 2. The molecular weight excluding hydrogens is 441 g/mol. The molecule has 0 atom stereocenters. The fraction of sp³-hybridized carbons (Fsp3) is 0.280. The van der Waals surface area contributed by atoms with Crippen molar-refractivity contribution >= 4 is 22.5 Å². The van der Waals surface area contributed by atoms with Crippen LogP contribution in [-0.2, 0) is 7.05 Å². The molecule has 3 heterocycles. The minimum Gasteiger partial charge on any atom is -0.383 e. The zero-order valence-electron chi connectivity index (χ0n) is 18.9. The van der Waals surface area contributed by atoms with E-state index in [0.29, 0.717) is 46.6 Å². The van der Waals surface area contributed by atoms with Gasteiger partial charge in [0.15, 0.2) is 11.6 Å². The molecule has 0 spiro atoms. The first kappa shape index (κ1) is 22.2. The molecule has 5 rings (SSSR count). The van der Waals surface area contributed by atoms with E-state index in [1.807, 2.05) is 13.0 Å². The lowest BCUT2D eigenvalue weighted by Crippen LogP contribution is -2.40. The van der Waals surface area contributed by atoms with Gasteiger partial charge in [0, 0.05) is 50.1 Å². The quantitative estimate of drug-likeness (QED) is 0.463. The summed E-state index contributed by atoms with van der Waals surface area (Å²) in [6.07, 6.45) is 3.20. The molecule has 176 valence electrons. The fourth-order valence-electron chi connectivity index (χ4n) is 4.70. The number of pyridine rings is 1. The summed E-state index contributed by atoms with van der Waals surface area (Å²) in [7, 11) is 1.72. The number of anilines is 2. The zero-order chi connectivity index (χ0) is 24.1. The van der Waals surface area contributed by atoms with E-state index < -0.39 is 11.6 Å². The molecule has 0 unspecified atom stereocenters. The SMILES string of the molecule is Cc1cc(F)cc(-c2cnc(N)c(-c3nc4cc(F)c(F)cc4n3C)c2N2CCC(N)CC2)c1. The molecule has 0 bridgehead atoms. The van der Waals surface area contributed by atoms with Crippen LogP contribution in [0.5, 0.6) is 0 Å². The number of nitrogens with two attached hydrogens (primary N) is 2. The average molecular weight is 467 g/mol. The second-order valence-electron chi connectivity index (χ2n) is 8.87. The maximum atomic E-state index is 14.4. The number of imidazole rings is 1. The van der Waals surface area contributed by atoms with Gasteiger partial charge in [0.2, 0.25) is 0 Å². The molecule has 1 aliphatic rings. The number of nitrogen functional groups attached to an aromatic ring is 1. The van der Waals surface area contributed by atoms with Crippen LogP contribution < -0.4 is 16.4 Å². The van der Waals surface area contributed by atoms with Crippen LogP contribution in [0.4, 0.5) is 24.7 Å². The van der Waals surface area contributed by atoms with E-state index in [1.165, 1.54) is 12.1 Å². The largest absolute Gasteiger partial charge is 0.383 e. The van der Waals surface area contributed by atoms with Gasteiger partial charge in [-0.2, -0.15) is 0 Å². The van der Waals surface area contributed by atoms with Crippen LogP contribution in [-0.4, -0.2) is 33.7 Å². The Hall–Kier alpha value is -3.59. The maximum Gasteiger partial charge on any atom is 0.161 e. The van der Waals surface area contributed by atoms with Crippen LogP contribution in [0, 0.1) is 24.4 Å². The smallest absolute Gasteiger partial charge is 0.161 e. The van der Waals surface area contributed by atoms with E-state index in [1.54, 1.807) is 17.8 Å². The molecule has 1 fully saturated rings. The van der Waals surface area contributed by atoms with E-state index in [4.69, 9.17) is 11.5 Å². The molecule has 1 saturated heterocycles. The van der Waals surface area contributed by atoms with Gasteiger partial charge in [-0.25, -0.2) is 23.1 Å². The highest BCUT2D eigenvalue weighted by atomic mass is 19.2. The lowest BCUT2D eigenvalue weighted by molar-refractivity contribution is 0.501. The summed E-state index contributed by atoms with van der Waals surface area (Å²) in [6.45, 7) is 3.17. The minimum atomic E-state index is -0.975. The summed E-state index contributed by atoms with van der Waals surface area (Å²) in [5, 5.41) is 0. The Balaban J connectivity index is 1.80. The summed E-state index contributed by atoms with van der Waals surface area (Å²) in [4.78, 5) is 11.2. The molecule has 0 radical (unpaired) electrons. The Bertz CT molecular complexity index is 1390. The lowest BCUT2D eigenvalue weighted by Gasteiger charge is -2.35. The summed E-state index contributed by atoms with van der Waals surface area (Å²) in [6, 6.07) is 7.09. The number of piperidine rings is 1. The van der Waals surface area contributed by atoms with E-state index in [-0.39, 0.29) is 17.7 Å². The molecule has 0 aliphatic carbocycles. The molecule has 9 heteroatoms. The number of hydrogen-bond acceptors (Lipinski definition) is 5. The van der Waals surface area contributed by atoms with Crippen LogP contribution in [0.25, 0.3) is 33.5 Å². The summed E-state index contributed by atoms with van der Waals surface area (Å²) >= 11 is 0. The summed E-state index contributed by atoms with van der Waals surface area (Å²) in [5.74, 6) is -1.64. The van der Waals surface area contributed by atoms with Crippen molar-refractivity contribution in [3.8, 4) is 22.5 Å². The average Bonchev–Trinajstić information content (AvgIpc) is 3.09. The van der Waals surface area contributed by atoms with Crippen LogP contribution in [0.1, 0.15) is 18.4 Å². The third-order valence-corrected chi connectivity index (χ3v) is 6.44. The standard InChI is InChI=1S/C25H25F3N6/c1-13-7-14(9-15(26)8-13)17-12-31-24(30)22(23(17)34-5-3-16(29)4-6-34)25-32-20-10-18(27)19(28)11-21(20)33(25)2/h7-12,16H,3-6,29H2,1-2H3,(H2,30,31). The molecule has 0 saturated carbocycles. The first-order valence-corrected chi connectivity index (χ1v) is 11.1. The summed E-state index contributed by atoms with van der Waals surface area (Å²) in [5.41, 5.74) is 16.7. The van der Waals surface area contributed by atoms with Gasteiger partial charge in [0.1, 0.15) is 17.5 Å². The molecule has 4 N–H and O–H groups in total. The van der Waals surface area contributed by atoms with E-state index in [0.717, 1.165) is 36.2 Å². The van der Waals surface area contributed by atoms with Gasteiger partial charge in [-0.3, -0.25) is 0 Å². The van der Waals surface area contributed by atoms with Crippen molar-refractivity contribution in [2.24, 2.45) is 12.8 Å². The highest BCUT2D eigenvalue weighted by Crippen LogP contribution is 2.43. The molecule has 2 aromatic carbocycles. The van der Waals surface area contributed by atoms with Crippen LogP contribution in [0.2, 0.25) is 0 Å². The van der Waals surface area contributed by atoms with E-state index >= 15 is 0 Å². The first-order valence-electron chi connectivity index (χ1n) is 11.1. The zero-order valence-corrected chi connectivity index (χ0v) is 18.9. The third-order valence-electron chi connectivity index (χ3n) is 6.44. The molecule has 1 aliphatic heterocycles. The normalized spacial score (nSPS) is 14.8. The van der Waals surface area contributed by atoms with E-state index in [9.17, 15) is 13.2 Å². The highest BCUT2D eigenvalue weighted by molar-refractivity contribution is 5.96. The molecule has 2 aromatic heterocycles. The monoisotopic (exact) mass is 466 g/mol. The van der Waals surface area contributed by atoms with Gasteiger partial charge in [0.05, 0.1) is 22.3 Å². The van der Waals surface area contributed by atoms with Gasteiger partial charge in [-0.05, 0) is 43.0 Å². The molecule has 34 heavy (non-hydrogen) atoms. The van der Waals surface area contributed by atoms with Gasteiger partial charge in [-0.1, -0.05) is 6.07 Å². The Morgan fingerprint density at radius 2 is 1.71 bits per heavy atom. The number of nitrogens with zero attached hydrogens (tertiary/aromatic N) is 4. The minimum absolute atomic E-state index is 0.0976. The predicted octanol–water partition coefficient (Wildman–Crippen LogP) is 4.54. The maximum absolute atomic E-state index is 14.4. The van der Waals surface area contributed by atoms with Crippen molar-refractivity contribution in [1.82, 2.24) is 14.5 Å². The van der Waals surface area contributed by atoms with Crippen molar-refractivity contribution in [1.29, 1.82) is 0 Å². The van der Waals surface area contributed by atoms with Crippen LogP contribution >= 0.6 is 0 Å². The number of halogens is 3. The third kappa shape index (κ3) is 3.75. The highest BCUT2D eigenvalue weighted by Gasteiger charge is 2.28. The van der Waals surface area contributed by atoms with Crippen molar-refractivity contribution in [3.05, 3.63) is 59.5 Å². The Morgan fingerprint density at radius 1 is 1.00 bits per heavy atom. The van der Waals surface area contributed by atoms with Crippen molar-refractivity contribution in [2.75, 3.05) is 23.7 Å².